The Balaban J connectivity index is 0.000000216. The monoisotopic (exact) mass is 828 g/mol. The smallest absolute Gasteiger partial charge is 0.657 e. The number of fused-ring (bicyclic) bond motifs is 7. The van der Waals surface area contributed by atoms with Crippen molar-refractivity contribution < 1.29 is 21.1 Å². The van der Waals surface area contributed by atoms with Gasteiger partial charge in [-0.3, -0.25) is 9.97 Å². The van der Waals surface area contributed by atoms with E-state index in [0.717, 1.165) is 58.8 Å². The van der Waals surface area contributed by atoms with Crippen LogP contribution in [0.4, 0.5) is 0 Å². The van der Waals surface area contributed by atoms with E-state index in [1.807, 2.05) is 24.4 Å². The molecule has 50 heavy (non-hydrogen) atoms. The average molecular weight is 829 g/mol. The molecule has 0 saturated heterocycles. The molecule has 8 aromatic rings. The number of rotatable bonds is 3. The van der Waals surface area contributed by atoms with Gasteiger partial charge in [0.2, 0.25) is 0 Å². The quantitative estimate of drug-likeness (QED) is 0.178. The summed E-state index contributed by atoms with van der Waals surface area (Å²) < 4.78 is 0. The summed E-state index contributed by atoms with van der Waals surface area (Å²) in [5, 5.41) is 11.8. The molecule has 0 bridgehead atoms. The minimum atomic E-state index is -0.607. The Bertz CT molecular complexity index is 2380. The van der Waals surface area contributed by atoms with Crippen LogP contribution in [0.5, 0.6) is 0 Å². The normalized spacial score (nSPS) is 14.9. The van der Waals surface area contributed by atoms with E-state index in [4.69, 9.17) is 9.97 Å². The van der Waals surface area contributed by atoms with Crippen molar-refractivity contribution in [3.8, 4) is 22.5 Å². The van der Waals surface area contributed by atoms with Gasteiger partial charge in [0.1, 0.15) is 5.41 Å². The van der Waals surface area contributed by atoms with Gasteiger partial charge >= 0.3 is 21.1 Å². The second kappa shape index (κ2) is 12.6. The van der Waals surface area contributed by atoms with Crippen molar-refractivity contribution in [2.24, 2.45) is 0 Å². The van der Waals surface area contributed by atoms with E-state index in [0.29, 0.717) is 0 Å². The zero-order chi connectivity index (χ0) is 33.0. The molecule has 0 fully saturated rings. The van der Waals surface area contributed by atoms with E-state index in [9.17, 15) is 0 Å². The third-order valence-corrected chi connectivity index (χ3v) is 10.4. The zero-order valence-electron chi connectivity index (χ0n) is 28.0. The van der Waals surface area contributed by atoms with Crippen LogP contribution in [0.2, 0.25) is 0 Å². The van der Waals surface area contributed by atoms with Crippen molar-refractivity contribution >= 4 is 21.8 Å². The van der Waals surface area contributed by atoms with Crippen LogP contribution in [-0.4, -0.2) is 15.1 Å². The molecule has 2 aliphatic carbocycles. The van der Waals surface area contributed by atoms with Gasteiger partial charge in [-0.1, -0.05) is 129 Å². The summed E-state index contributed by atoms with van der Waals surface area (Å²) in [4.78, 5) is 14.8. The molecule has 6 heteroatoms. The Kier molecular flexibility index (Phi) is 8.12. The van der Waals surface area contributed by atoms with Crippen molar-refractivity contribution in [3.05, 3.63) is 173 Å². The second-order valence-electron chi connectivity index (χ2n) is 13.7. The second-order valence-corrected chi connectivity index (χ2v) is 13.7. The zero-order valence-corrected chi connectivity index (χ0v) is 30.2. The molecule has 0 unspecified atom stereocenters. The third kappa shape index (κ3) is 4.98. The molecule has 0 saturated carbocycles. The van der Waals surface area contributed by atoms with Crippen LogP contribution < -0.4 is 10.1 Å². The number of para-hydroxylation sites is 2. The van der Waals surface area contributed by atoms with E-state index >= 15 is 0 Å². The predicted molar refractivity (Wildman–Crippen MR) is 197 cm³/mol. The molecule has 4 aromatic heterocycles. The summed E-state index contributed by atoms with van der Waals surface area (Å²) in [5.74, 6) is 0. The maximum atomic E-state index is 5.36. The predicted octanol–water partition coefficient (Wildman–Crippen LogP) is 9.42. The van der Waals surface area contributed by atoms with Crippen molar-refractivity contribution in [1.29, 1.82) is 0 Å². The number of hydrogen-bond donors (Lipinski definition) is 0. The average Bonchev–Trinajstić information content (AvgIpc) is 3.84. The van der Waals surface area contributed by atoms with Gasteiger partial charge in [-0.25, -0.2) is 0 Å². The van der Waals surface area contributed by atoms with Gasteiger partial charge in [-0.05, 0) is 82.1 Å². The molecule has 4 aromatic carbocycles. The summed E-state index contributed by atoms with van der Waals surface area (Å²) in [6, 6.07) is 46.3. The van der Waals surface area contributed by atoms with Crippen molar-refractivity contribution in [1.82, 2.24) is 25.1 Å². The largest absolute Gasteiger partial charge is 2.00 e. The van der Waals surface area contributed by atoms with Crippen LogP contribution >= 0.6 is 0 Å². The first-order valence-electron chi connectivity index (χ1n) is 17.1. The Hall–Kier alpha value is -5.12. The molecule has 10 rings (SSSR count). The summed E-state index contributed by atoms with van der Waals surface area (Å²) in [6.45, 7) is 4.55. The molecule has 0 aliphatic heterocycles. The number of hydrogen-bond acceptors (Lipinski definition) is 3. The standard InChI is InChI=1S/C32H27N4.C12H8N.Pt/c1-31(2)19-10-13-23-29(35-36-30(23)31)26-16-9-18-28(34-26)32(27-17-7-8-20-33-27)24-14-5-3-11-21(24)22-12-4-6-15-25(22)32;1-3-7-11-9(5-1)10-6-2-4-8-12(10)13-11;/h3-9,11-12,14-18,20H,10,13,19H2,1-2H3;1-8H;/q2*-1;+2. The van der Waals surface area contributed by atoms with E-state index in [2.05, 4.69) is 144 Å². The maximum absolute atomic E-state index is 5.36. The number of benzene rings is 4. The number of aromatic nitrogens is 5. The fourth-order valence-electron chi connectivity index (χ4n) is 8.15. The minimum absolute atomic E-state index is 0. The van der Waals surface area contributed by atoms with Crippen LogP contribution in [0.15, 0.2) is 140 Å². The van der Waals surface area contributed by atoms with E-state index in [1.165, 1.54) is 38.6 Å². The Morgan fingerprint density at radius 2 is 1.22 bits per heavy atom. The summed E-state index contributed by atoms with van der Waals surface area (Å²) in [5.41, 5.74) is 12.7. The van der Waals surface area contributed by atoms with Crippen LogP contribution in [0.25, 0.3) is 44.3 Å². The molecule has 2 aliphatic rings. The minimum Gasteiger partial charge on any atom is -0.657 e. The van der Waals surface area contributed by atoms with Gasteiger partial charge in [-0.2, -0.15) is 0 Å². The molecule has 0 amide bonds. The Morgan fingerprint density at radius 1 is 0.620 bits per heavy atom. The SMILES string of the molecule is CC1(C)CCCc2c1n[n-]c2-c1cccc(C2(c3ccccn3)c3ccccc3-c3ccccc32)n1.[Pt+2].c1ccc2c(c1)[n-]c1ccccc12. The number of pyridine rings is 2. The molecule has 0 spiro atoms. The fourth-order valence-corrected chi connectivity index (χ4v) is 8.15. The Morgan fingerprint density at radius 3 is 1.88 bits per heavy atom. The molecule has 246 valence electrons. The topological polar surface area (TPSA) is 66.9 Å². The maximum Gasteiger partial charge on any atom is 2.00 e. The molecular weight excluding hydrogens is 794 g/mol. The van der Waals surface area contributed by atoms with Crippen LogP contribution in [0, 0.1) is 0 Å². The Labute approximate surface area is 306 Å². The van der Waals surface area contributed by atoms with E-state index in [-0.39, 0.29) is 26.5 Å². The van der Waals surface area contributed by atoms with Gasteiger partial charge in [0.05, 0.1) is 17.1 Å². The fraction of sp³-hybridized carbons (Fsp3) is 0.159. The van der Waals surface area contributed by atoms with E-state index < -0.39 is 5.41 Å². The van der Waals surface area contributed by atoms with Crippen LogP contribution in [0.3, 0.4) is 0 Å². The van der Waals surface area contributed by atoms with Crippen molar-refractivity contribution in [3.63, 3.8) is 0 Å². The first-order valence-corrected chi connectivity index (χ1v) is 17.1. The van der Waals surface area contributed by atoms with Gasteiger partial charge in [0, 0.05) is 17.3 Å². The van der Waals surface area contributed by atoms with Gasteiger partial charge in [0.25, 0.3) is 0 Å². The van der Waals surface area contributed by atoms with E-state index in [1.54, 1.807) is 0 Å². The molecule has 4 heterocycles. The van der Waals surface area contributed by atoms with Gasteiger partial charge in [-0.15, -0.1) is 11.0 Å². The summed E-state index contributed by atoms with van der Waals surface area (Å²) in [7, 11) is 0. The van der Waals surface area contributed by atoms with Crippen LogP contribution in [-0.2, 0) is 38.3 Å². The molecule has 0 N–H and O–H groups in total. The molecular formula is C44H35N5Pt. The first-order chi connectivity index (χ1) is 24.1. The first kappa shape index (κ1) is 32.1. The summed E-state index contributed by atoms with van der Waals surface area (Å²) in [6.07, 6.45) is 5.18. The van der Waals surface area contributed by atoms with Crippen LogP contribution in [0.1, 0.15) is 60.5 Å². The van der Waals surface area contributed by atoms with Crippen molar-refractivity contribution in [2.45, 2.75) is 43.9 Å². The van der Waals surface area contributed by atoms with Gasteiger partial charge < -0.3 is 15.2 Å². The van der Waals surface area contributed by atoms with Gasteiger partial charge in [0.15, 0.2) is 0 Å². The summed E-state index contributed by atoms with van der Waals surface area (Å²) >= 11 is 0. The van der Waals surface area contributed by atoms with Crippen molar-refractivity contribution in [2.75, 3.05) is 0 Å². The third-order valence-electron chi connectivity index (χ3n) is 10.4. The molecule has 5 nitrogen and oxygen atoms in total. The number of nitrogens with zero attached hydrogens (tertiary/aromatic N) is 5. The molecule has 0 radical (unpaired) electrons. The molecule has 0 atom stereocenters.